The van der Waals surface area contributed by atoms with Crippen molar-refractivity contribution in [3.8, 4) is 0 Å². The van der Waals surface area contributed by atoms with Crippen LogP contribution in [0.2, 0.25) is 0 Å². The van der Waals surface area contributed by atoms with E-state index in [1.165, 1.54) is 5.56 Å². The summed E-state index contributed by atoms with van der Waals surface area (Å²) in [6.45, 7) is 1.84. The van der Waals surface area contributed by atoms with Gasteiger partial charge in [-0.15, -0.1) is 0 Å². The summed E-state index contributed by atoms with van der Waals surface area (Å²) in [5.41, 5.74) is 1.13. The van der Waals surface area contributed by atoms with Crippen molar-refractivity contribution >= 4 is 15.9 Å². The first kappa shape index (κ1) is 10.0. The van der Waals surface area contributed by atoms with E-state index in [9.17, 15) is 0 Å². The van der Waals surface area contributed by atoms with Crippen molar-refractivity contribution < 1.29 is 4.52 Å². The SMILES string of the molecule is Cc1noc(C2(c3ccccc3)CC2Br)n1. The zero-order valence-corrected chi connectivity index (χ0v) is 10.4. The molecule has 0 spiro atoms. The molecule has 0 amide bonds. The highest BCUT2D eigenvalue weighted by Crippen LogP contribution is 2.57. The van der Waals surface area contributed by atoms with Crippen LogP contribution in [0.1, 0.15) is 23.7 Å². The molecule has 1 aromatic heterocycles. The van der Waals surface area contributed by atoms with Gasteiger partial charge < -0.3 is 4.52 Å². The van der Waals surface area contributed by atoms with Gasteiger partial charge in [-0.25, -0.2) is 0 Å². The van der Waals surface area contributed by atoms with Crippen LogP contribution in [-0.4, -0.2) is 15.0 Å². The monoisotopic (exact) mass is 278 g/mol. The summed E-state index contributed by atoms with van der Waals surface area (Å²) in [6.07, 6.45) is 1.01. The fourth-order valence-electron chi connectivity index (χ4n) is 2.08. The van der Waals surface area contributed by atoms with Crippen LogP contribution < -0.4 is 0 Å². The highest BCUT2D eigenvalue weighted by molar-refractivity contribution is 9.09. The molecule has 1 aliphatic rings. The van der Waals surface area contributed by atoms with E-state index in [0.717, 1.165) is 12.3 Å². The van der Waals surface area contributed by atoms with Gasteiger partial charge in [-0.05, 0) is 18.9 Å². The molecule has 0 bridgehead atoms. The maximum Gasteiger partial charge on any atom is 0.238 e. The molecule has 0 saturated heterocycles. The third-order valence-electron chi connectivity index (χ3n) is 3.07. The molecular formula is C12H11BrN2O. The van der Waals surface area contributed by atoms with E-state index in [1.807, 2.05) is 25.1 Å². The molecule has 1 saturated carbocycles. The summed E-state index contributed by atoms with van der Waals surface area (Å²) in [5, 5.41) is 3.88. The lowest BCUT2D eigenvalue weighted by molar-refractivity contribution is 0.357. The molecule has 1 heterocycles. The van der Waals surface area contributed by atoms with Crippen molar-refractivity contribution in [2.24, 2.45) is 0 Å². The Morgan fingerprint density at radius 2 is 2.06 bits per heavy atom. The maximum absolute atomic E-state index is 5.33. The van der Waals surface area contributed by atoms with Gasteiger partial charge in [-0.2, -0.15) is 4.98 Å². The Morgan fingerprint density at radius 3 is 2.56 bits per heavy atom. The van der Waals surface area contributed by atoms with E-state index in [2.05, 4.69) is 38.2 Å². The lowest BCUT2D eigenvalue weighted by atomic mass is 9.96. The number of nitrogens with zero attached hydrogens (tertiary/aromatic N) is 2. The van der Waals surface area contributed by atoms with Crippen LogP contribution in [0, 0.1) is 6.92 Å². The van der Waals surface area contributed by atoms with E-state index >= 15 is 0 Å². The van der Waals surface area contributed by atoms with E-state index in [4.69, 9.17) is 4.52 Å². The number of aryl methyl sites for hydroxylation is 1. The van der Waals surface area contributed by atoms with Gasteiger partial charge in [-0.1, -0.05) is 51.4 Å². The summed E-state index contributed by atoms with van der Waals surface area (Å²) < 4.78 is 5.33. The topological polar surface area (TPSA) is 38.9 Å². The molecule has 0 aliphatic heterocycles. The highest BCUT2D eigenvalue weighted by Gasteiger charge is 2.59. The third-order valence-corrected chi connectivity index (χ3v) is 4.18. The molecule has 4 heteroatoms. The molecule has 3 nitrogen and oxygen atoms in total. The third kappa shape index (κ3) is 1.33. The quantitative estimate of drug-likeness (QED) is 0.793. The second-order valence-electron chi connectivity index (χ2n) is 4.16. The van der Waals surface area contributed by atoms with Gasteiger partial charge in [0, 0.05) is 4.83 Å². The normalized spacial score (nSPS) is 28.0. The summed E-state index contributed by atoms with van der Waals surface area (Å²) in [6, 6.07) is 10.3. The van der Waals surface area contributed by atoms with Crippen molar-refractivity contribution in [1.29, 1.82) is 0 Å². The predicted molar refractivity (Wildman–Crippen MR) is 63.6 cm³/mol. The van der Waals surface area contributed by atoms with Crippen LogP contribution in [0.5, 0.6) is 0 Å². The largest absolute Gasteiger partial charge is 0.338 e. The number of hydrogen-bond acceptors (Lipinski definition) is 3. The first-order chi connectivity index (χ1) is 7.73. The van der Waals surface area contributed by atoms with E-state index in [1.54, 1.807) is 0 Å². The Kier molecular flexibility index (Phi) is 2.14. The Bertz CT molecular complexity index is 511. The van der Waals surface area contributed by atoms with Crippen molar-refractivity contribution in [2.45, 2.75) is 23.6 Å². The lowest BCUT2D eigenvalue weighted by Crippen LogP contribution is -2.12. The van der Waals surface area contributed by atoms with Crippen molar-refractivity contribution in [2.75, 3.05) is 0 Å². The molecule has 3 rings (SSSR count). The number of halogens is 1. The van der Waals surface area contributed by atoms with Gasteiger partial charge >= 0.3 is 0 Å². The molecule has 16 heavy (non-hydrogen) atoms. The minimum atomic E-state index is -0.109. The molecule has 1 aliphatic carbocycles. The van der Waals surface area contributed by atoms with Gasteiger partial charge in [0.25, 0.3) is 0 Å². The van der Waals surface area contributed by atoms with E-state index < -0.39 is 0 Å². The van der Waals surface area contributed by atoms with Crippen molar-refractivity contribution in [1.82, 2.24) is 10.1 Å². The van der Waals surface area contributed by atoms with Crippen molar-refractivity contribution in [3.05, 3.63) is 47.6 Å². The summed E-state index contributed by atoms with van der Waals surface area (Å²) in [7, 11) is 0. The molecule has 2 atom stereocenters. The molecule has 0 N–H and O–H groups in total. The van der Waals surface area contributed by atoms with Crippen LogP contribution in [0.3, 0.4) is 0 Å². The first-order valence-electron chi connectivity index (χ1n) is 5.24. The Balaban J connectivity index is 2.09. The average Bonchev–Trinajstić information content (AvgIpc) is 2.79. The van der Waals surface area contributed by atoms with Crippen LogP contribution in [0.25, 0.3) is 0 Å². The first-order valence-corrected chi connectivity index (χ1v) is 6.15. The van der Waals surface area contributed by atoms with Crippen molar-refractivity contribution in [3.63, 3.8) is 0 Å². The standard InChI is InChI=1S/C12H11BrN2O/c1-8-14-11(16-15-8)12(7-10(12)13)9-5-3-2-4-6-9/h2-6,10H,7H2,1H3. The molecule has 1 aromatic carbocycles. The average molecular weight is 279 g/mol. The smallest absolute Gasteiger partial charge is 0.238 e. The van der Waals surface area contributed by atoms with Crippen LogP contribution in [0.15, 0.2) is 34.9 Å². The lowest BCUT2D eigenvalue weighted by Gasteiger charge is -2.10. The van der Waals surface area contributed by atoms with Gasteiger partial charge in [0.15, 0.2) is 5.82 Å². The number of rotatable bonds is 2. The number of benzene rings is 1. The maximum atomic E-state index is 5.33. The summed E-state index contributed by atoms with van der Waals surface area (Å²) in [4.78, 5) is 4.75. The second-order valence-corrected chi connectivity index (χ2v) is 5.26. The van der Waals surface area contributed by atoms with Crippen LogP contribution >= 0.6 is 15.9 Å². The van der Waals surface area contributed by atoms with Gasteiger partial charge in [0.2, 0.25) is 5.89 Å². The zero-order valence-electron chi connectivity index (χ0n) is 8.85. The molecule has 1 fully saturated rings. The Morgan fingerprint density at radius 1 is 1.38 bits per heavy atom. The zero-order chi connectivity index (χ0) is 11.2. The predicted octanol–water partition coefficient (Wildman–Crippen LogP) is 2.83. The Labute approximate surface area is 102 Å². The molecule has 0 radical (unpaired) electrons. The Hall–Kier alpha value is -1.16. The fraction of sp³-hybridized carbons (Fsp3) is 0.333. The van der Waals surface area contributed by atoms with Crippen LogP contribution in [-0.2, 0) is 5.41 Å². The molecule has 2 aromatic rings. The van der Waals surface area contributed by atoms with E-state index in [-0.39, 0.29) is 5.41 Å². The minimum Gasteiger partial charge on any atom is -0.338 e. The van der Waals surface area contributed by atoms with Gasteiger partial charge in [0.05, 0.1) is 5.41 Å². The molecule has 82 valence electrons. The van der Waals surface area contributed by atoms with Gasteiger partial charge in [0.1, 0.15) is 0 Å². The summed E-state index contributed by atoms with van der Waals surface area (Å²) in [5.74, 6) is 1.41. The minimum absolute atomic E-state index is 0.109. The number of hydrogen-bond donors (Lipinski definition) is 0. The number of aromatic nitrogens is 2. The summed E-state index contributed by atoms with van der Waals surface area (Å²) >= 11 is 3.66. The molecular weight excluding hydrogens is 268 g/mol. The molecule has 2 unspecified atom stereocenters. The van der Waals surface area contributed by atoms with Crippen LogP contribution in [0.4, 0.5) is 0 Å². The number of alkyl halides is 1. The highest BCUT2D eigenvalue weighted by atomic mass is 79.9. The fourth-order valence-corrected chi connectivity index (χ4v) is 3.05. The van der Waals surface area contributed by atoms with E-state index in [0.29, 0.717) is 10.7 Å². The van der Waals surface area contributed by atoms with Gasteiger partial charge in [-0.3, -0.25) is 0 Å². The second kappa shape index (κ2) is 3.42.